The molecule has 4 rings (SSSR count). The first-order valence-electron chi connectivity index (χ1n) is 10.6. The van der Waals surface area contributed by atoms with Crippen LogP contribution in [-0.4, -0.2) is 72.9 Å². The number of amides is 1. The maximum Gasteiger partial charge on any atom is 0.248 e. The van der Waals surface area contributed by atoms with Crippen molar-refractivity contribution in [3.63, 3.8) is 0 Å². The number of hydrogen-bond acceptors (Lipinski definition) is 4. The van der Waals surface area contributed by atoms with Gasteiger partial charge in [-0.2, -0.15) is 0 Å². The average Bonchev–Trinajstić information content (AvgIpc) is 2.74. The fourth-order valence-electron chi connectivity index (χ4n) is 4.92. The first-order chi connectivity index (χ1) is 14.6. The number of aliphatic hydroxyl groups excluding tert-OH is 1. The molecule has 6 heteroatoms. The standard InChI is InChI=1S/C24H29FN2O3/c1-30-16-23(29)26-12-2-3-13-27-21(14-26)24(22(27)15-28)19-6-4-17(5-7-19)18-8-10-20(25)11-9-18/h4-11,21-22,24,28H,2-3,12-16H2,1H3/t21-,22-,24-/m0/s1. The minimum atomic E-state index is -0.243. The van der Waals surface area contributed by atoms with Crippen molar-refractivity contribution in [2.24, 2.45) is 0 Å². The van der Waals surface area contributed by atoms with E-state index in [1.54, 1.807) is 19.2 Å². The summed E-state index contributed by atoms with van der Waals surface area (Å²) in [5.74, 6) is -0.0435. The number of hydrogen-bond donors (Lipinski definition) is 1. The maximum absolute atomic E-state index is 13.2. The Morgan fingerprint density at radius 2 is 1.70 bits per heavy atom. The molecule has 1 N–H and O–H groups in total. The van der Waals surface area contributed by atoms with Crippen LogP contribution in [-0.2, 0) is 9.53 Å². The molecule has 2 fully saturated rings. The second-order valence-electron chi connectivity index (χ2n) is 8.19. The van der Waals surface area contributed by atoms with Crippen LogP contribution in [0.5, 0.6) is 0 Å². The molecule has 160 valence electrons. The SMILES string of the molecule is COCC(=O)N1CCCCN2[C@@H](CO)[C@@H](c3ccc(-c4ccc(F)cc4)cc3)[C@@H]2C1. The normalized spacial score (nSPS) is 24.5. The summed E-state index contributed by atoms with van der Waals surface area (Å²) >= 11 is 0. The summed E-state index contributed by atoms with van der Waals surface area (Å²) in [6.07, 6.45) is 1.98. The van der Waals surface area contributed by atoms with Crippen LogP contribution >= 0.6 is 0 Å². The van der Waals surface area contributed by atoms with Gasteiger partial charge in [0, 0.05) is 38.2 Å². The van der Waals surface area contributed by atoms with Gasteiger partial charge in [-0.3, -0.25) is 9.69 Å². The third-order valence-corrected chi connectivity index (χ3v) is 6.46. The molecule has 2 aromatic carbocycles. The van der Waals surface area contributed by atoms with Crippen molar-refractivity contribution in [2.75, 3.05) is 40.0 Å². The number of methoxy groups -OCH3 is 1. The Kier molecular flexibility index (Phi) is 6.46. The summed E-state index contributed by atoms with van der Waals surface area (Å²) in [7, 11) is 1.55. The lowest BCUT2D eigenvalue weighted by atomic mass is 9.74. The van der Waals surface area contributed by atoms with Crippen LogP contribution in [0.1, 0.15) is 24.3 Å². The van der Waals surface area contributed by atoms with Gasteiger partial charge in [0.2, 0.25) is 5.91 Å². The molecule has 30 heavy (non-hydrogen) atoms. The van der Waals surface area contributed by atoms with Crippen LogP contribution in [0.25, 0.3) is 11.1 Å². The van der Waals surface area contributed by atoms with E-state index in [4.69, 9.17) is 4.74 Å². The lowest BCUT2D eigenvalue weighted by molar-refractivity contribution is -0.140. The smallest absolute Gasteiger partial charge is 0.248 e. The third-order valence-electron chi connectivity index (χ3n) is 6.46. The molecule has 2 aromatic rings. The summed E-state index contributed by atoms with van der Waals surface area (Å²) in [5, 5.41) is 10.1. The van der Waals surface area contributed by atoms with E-state index in [2.05, 4.69) is 29.2 Å². The van der Waals surface area contributed by atoms with Gasteiger partial charge in [0.05, 0.1) is 6.61 Å². The number of carbonyl (C=O) groups excluding carboxylic acids is 1. The van der Waals surface area contributed by atoms with E-state index in [1.165, 1.54) is 17.7 Å². The molecule has 3 atom stereocenters. The summed E-state index contributed by atoms with van der Waals surface area (Å²) < 4.78 is 18.3. The van der Waals surface area contributed by atoms with Gasteiger partial charge >= 0.3 is 0 Å². The molecular weight excluding hydrogens is 383 g/mol. The van der Waals surface area contributed by atoms with Crippen molar-refractivity contribution in [2.45, 2.75) is 30.8 Å². The van der Waals surface area contributed by atoms with Gasteiger partial charge in [-0.25, -0.2) is 4.39 Å². The highest BCUT2D eigenvalue weighted by Crippen LogP contribution is 2.42. The Bertz CT molecular complexity index is 856. The molecular formula is C24H29FN2O3. The Balaban J connectivity index is 1.55. The van der Waals surface area contributed by atoms with E-state index in [0.717, 1.165) is 37.1 Å². The van der Waals surface area contributed by atoms with E-state index >= 15 is 0 Å². The van der Waals surface area contributed by atoms with Gasteiger partial charge in [0.15, 0.2) is 0 Å². The van der Waals surface area contributed by atoms with Gasteiger partial charge in [-0.15, -0.1) is 0 Å². The molecule has 0 unspecified atom stereocenters. The summed E-state index contributed by atoms with van der Waals surface area (Å²) in [6, 6.07) is 15.1. The van der Waals surface area contributed by atoms with Gasteiger partial charge in [0.25, 0.3) is 0 Å². The predicted molar refractivity (Wildman–Crippen MR) is 114 cm³/mol. The molecule has 2 aliphatic heterocycles. The number of benzene rings is 2. The van der Waals surface area contributed by atoms with Crippen LogP contribution in [0.2, 0.25) is 0 Å². The fraction of sp³-hybridized carbons (Fsp3) is 0.458. The molecule has 0 radical (unpaired) electrons. The van der Waals surface area contributed by atoms with E-state index < -0.39 is 0 Å². The average molecular weight is 413 g/mol. The van der Waals surface area contributed by atoms with Crippen LogP contribution in [0.3, 0.4) is 0 Å². The predicted octanol–water partition coefficient (Wildman–Crippen LogP) is 2.89. The molecule has 5 nitrogen and oxygen atoms in total. The van der Waals surface area contributed by atoms with Crippen LogP contribution in [0, 0.1) is 5.82 Å². The van der Waals surface area contributed by atoms with Crippen LogP contribution in [0.15, 0.2) is 48.5 Å². The summed E-state index contributed by atoms with van der Waals surface area (Å²) in [6.45, 7) is 2.57. The Morgan fingerprint density at radius 3 is 2.33 bits per heavy atom. The second kappa shape index (κ2) is 9.25. The first kappa shape index (κ1) is 21.0. The lowest BCUT2D eigenvalue weighted by Gasteiger charge is -2.57. The Hall–Kier alpha value is -2.28. The maximum atomic E-state index is 13.2. The zero-order valence-corrected chi connectivity index (χ0v) is 17.3. The molecule has 0 saturated carbocycles. The lowest BCUT2D eigenvalue weighted by Crippen LogP contribution is -2.68. The van der Waals surface area contributed by atoms with Gasteiger partial charge in [0.1, 0.15) is 12.4 Å². The highest BCUT2D eigenvalue weighted by atomic mass is 19.1. The highest BCUT2D eigenvalue weighted by Gasteiger charge is 2.49. The Labute approximate surface area is 177 Å². The minimum absolute atomic E-state index is 0.0252. The van der Waals surface area contributed by atoms with Crippen molar-refractivity contribution in [1.29, 1.82) is 0 Å². The second-order valence-corrected chi connectivity index (χ2v) is 8.19. The van der Waals surface area contributed by atoms with Crippen molar-refractivity contribution in [3.8, 4) is 11.1 Å². The zero-order valence-electron chi connectivity index (χ0n) is 17.3. The van der Waals surface area contributed by atoms with E-state index in [0.29, 0.717) is 6.54 Å². The summed E-state index contributed by atoms with van der Waals surface area (Å²) in [4.78, 5) is 16.7. The number of ether oxygens (including phenoxy) is 1. The van der Waals surface area contributed by atoms with E-state index in [-0.39, 0.29) is 42.9 Å². The largest absolute Gasteiger partial charge is 0.395 e. The zero-order chi connectivity index (χ0) is 21.1. The first-order valence-corrected chi connectivity index (χ1v) is 10.6. The van der Waals surface area contributed by atoms with Crippen molar-refractivity contribution in [3.05, 3.63) is 59.9 Å². The molecule has 0 aromatic heterocycles. The van der Waals surface area contributed by atoms with Crippen LogP contribution < -0.4 is 0 Å². The number of fused-ring (bicyclic) bond motifs is 1. The number of carbonyl (C=O) groups is 1. The monoisotopic (exact) mass is 412 g/mol. The van der Waals surface area contributed by atoms with Gasteiger partial charge in [-0.05, 0) is 48.2 Å². The third kappa shape index (κ3) is 4.13. The quantitative estimate of drug-likeness (QED) is 0.821. The number of rotatable bonds is 5. The molecule has 2 heterocycles. The van der Waals surface area contributed by atoms with Crippen LogP contribution in [0.4, 0.5) is 4.39 Å². The molecule has 2 saturated heterocycles. The topological polar surface area (TPSA) is 53.0 Å². The van der Waals surface area contributed by atoms with E-state index in [1.807, 2.05) is 4.90 Å². The summed E-state index contributed by atoms with van der Waals surface area (Å²) in [5.41, 5.74) is 3.17. The fourth-order valence-corrected chi connectivity index (χ4v) is 4.92. The molecule has 2 aliphatic rings. The highest BCUT2D eigenvalue weighted by molar-refractivity contribution is 5.77. The number of aliphatic hydroxyl groups is 1. The number of halogens is 1. The van der Waals surface area contributed by atoms with Gasteiger partial charge < -0.3 is 14.7 Å². The van der Waals surface area contributed by atoms with Crippen molar-refractivity contribution < 1.29 is 19.0 Å². The van der Waals surface area contributed by atoms with Gasteiger partial charge in [-0.1, -0.05) is 36.4 Å². The molecule has 0 bridgehead atoms. The molecule has 1 amide bonds. The van der Waals surface area contributed by atoms with E-state index in [9.17, 15) is 14.3 Å². The minimum Gasteiger partial charge on any atom is -0.395 e. The molecule has 0 spiro atoms. The Morgan fingerprint density at radius 1 is 1.07 bits per heavy atom. The number of nitrogens with zero attached hydrogens (tertiary/aromatic N) is 2. The molecule has 0 aliphatic carbocycles. The van der Waals surface area contributed by atoms with Crippen molar-refractivity contribution in [1.82, 2.24) is 9.80 Å². The van der Waals surface area contributed by atoms with Crippen molar-refractivity contribution >= 4 is 5.91 Å².